The standard InChI is InChI=1S/C16H20N2O2S/c1-2-18(16-6-4-3-5-7-16)21(19,20)13-15-10-8-14(12-17)9-11-15/h3-11H,2,12-13,17H2,1H3. The monoisotopic (exact) mass is 304 g/mol. The van der Waals surface area contributed by atoms with Crippen molar-refractivity contribution in [2.24, 2.45) is 5.73 Å². The average molecular weight is 304 g/mol. The summed E-state index contributed by atoms with van der Waals surface area (Å²) in [7, 11) is -3.40. The van der Waals surface area contributed by atoms with Gasteiger partial charge < -0.3 is 5.73 Å². The van der Waals surface area contributed by atoms with Crippen molar-refractivity contribution in [3.8, 4) is 0 Å². The van der Waals surface area contributed by atoms with Crippen LogP contribution in [0.3, 0.4) is 0 Å². The molecule has 0 amide bonds. The van der Waals surface area contributed by atoms with Crippen molar-refractivity contribution in [2.75, 3.05) is 10.8 Å². The van der Waals surface area contributed by atoms with E-state index in [1.54, 1.807) is 12.1 Å². The Hall–Kier alpha value is -1.85. The molecule has 21 heavy (non-hydrogen) atoms. The average Bonchev–Trinajstić information content (AvgIpc) is 2.49. The highest BCUT2D eigenvalue weighted by molar-refractivity contribution is 7.92. The van der Waals surface area contributed by atoms with Crippen LogP contribution in [-0.2, 0) is 22.3 Å². The SMILES string of the molecule is CCN(c1ccccc1)S(=O)(=O)Cc1ccc(CN)cc1. The Labute approximate surface area is 126 Å². The van der Waals surface area contributed by atoms with E-state index < -0.39 is 10.0 Å². The zero-order chi connectivity index (χ0) is 15.3. The molecule has 0 heterocycles. The molecule has 0 spiro atoms. The van der Waals surface area contributed by atoms with E-state index in [2.05, 4.69) is 0 Å². The van der Waals surface area contributed by atoms with Gasteiger partial charge in [0.25, 0.3) is 0 Å². The van der Waals surface area contributed by atoms with Crippen LogP contribution < -0.4 is 10.0 Å². The number of para-hydroxylation sites is 1. The summed E-state index contributed by atoms with van der Waals surface area (Å²) in [6.45, 7) is 2.70. The maximum absolute atomic E-state index is 12.6. The lowest BCUT2D eigenvalue weighted by Crippen LogP contribution is -2.31. The number of nitrogens with zero attached hydrogens (tertiary/aromatic N) is 1. The Kier molecular flexibility index (Phi) is 4.98. The van der Waals surface area contributed by atoms with Crippen LogP contribution in [0.1, 0.15) is 18.1 Å². The number of hydrogen-bond donors (Lipinski definition) is 1. The van der Waals surface area contributed by atoms with Crippen LogP contribution in [0.5, 0.6) is 0 Å². The molecule has 0 aliphatic heterocycles. The number of rotatable bonds is 6. The summed E-state index contributed by atoms with van der Waals surface area (Å²) >= 11 is 0. The minimum absolute atomic E-state index is 0.0133. The highest BCUT2D eigenvalue weighted by atomic mass is 32.2. The molecule has 0 saturated carbocycles. The summed E-state index contributed by atoms with van der Waals surface area (Å²) in [4.78, 5) is 0. The van der Waals surface area contributed by atoms with Crippen LogP contribution in [0.15, 0.2) is 54.6 Å². The first-order valence-corrected chi connectivity index (χ1v) is 8.51. The third-order valence-electron chi connectivity index (χ3n) is 3.27. The number of hydrogen-bond acceptors (Lipinski definition) is 3. The second-order valence-corrected chi connectivity index (χ2v) is 6.67. The topological polar surface area (TPSA) is 63.4 Å². The predicted molar refractivity (Wildman–Crippen MR) is 86.4 cm³/mol. The van der Waals surface area contributed by atoms with Crippen molar-refractivity contribution in [2.45, 2.75) is 19.2 Å². The first-order valence-electron chi connectivity index (χ1n) is 6.90. The summed E-state index contributed by atoms with van der Waals surface area (Å²) in [5.41, 5.74) is 8.00. The van der Waals surface area contributed by atoms with Gasteiger partial charge in [-0.1, -0.05) is 42.5 Å². The van der Waals surface area contributed by atoms with Crippen LogP contribution in [0.2, 0.25) is 0 Å². The fourth-order valence-electron chi connectivity index (χ4n) is 2.19. The van der Waals surface area contributed by atoms with E-state index in [0.29, 0.717) is 18.8 Å². The van der Waals surface area contributed by atoms with Crippen molar-refractivity contribution in [1.29, 1.82) is 0 Å². The van der Waals surface area contributed by atoms with Crippen molar-refractivity contribution >= 4 is 15.7 Å². The number of sulfonamides is 1. The first-order chi connectivity index (χ1) is 10.1. The quantitative estimate of drug-likeness (QED) is 0.892. The molecule has 2 rings (SSSR count). The molecule has 5 heteroatoms. The van der Waals surface area contributed by atoms with Gasteiger partial charge in [0.2, 0.25) is 10.0 Å². The lowest BCUT2D eigenvalue weighted by atomic mass is 10.1. The van der Waals surface area contributed by atoms with Gasteiger partial charge in [0.05, 0.1) is 11.4 Å². The zero-order valence-corrected chi connectivity index (χ0v) is 12.9. The summed E-state index contributed by atoms with van der Waals surface area (Å²) in [5.74, 6) is -0.0133. The van der Waals surface area contributed by atoms with Crippen molar-refractivity contribution in [3.63, 3.8) is 0 Å². The normalized spacial score (nSPS) is 11.3. The van der Waals surface area contributed by atoms with Crippen LogP contribution in [0.4, 0.5) is 5.69 Å². The van der Waals surface area contributed by atoms with E-state index in [4.69, 9.17) is 5.73 Å². The van der Waals surface area contributed by atoms with Gasteiger partial charge in [-0.25, -0.2) is 8.42 Å². The van der Waals surface area contributed by atoms with Crippen LogP contribution in [-0.4, -0.2) is 15.0 Å². The minimum atomic E-state index is -3.40. The lowest BCUT2D eigenvalue weighted by molar-refractivity contribution is 0.591. The maximum atomic E-state index is 12.6. The van der Waals surface area contributed by atoms with Crippen molar-refractivity contribution in [3.05, 3.63) is 65.7 Å². The Morgan fingerprint density at radius 3 is 2.05 bits per heavy atom. The molecule has 0 unspecified atom stereocenters. The summed E-state index contributed by atoms with van der Waals surface area (Å²) in [6.07, 6.45) is 0. The summed E-state index contributed by atoms with van der Waals surface area (Å²) < 4.78 is 26.6. The maximum Gasteiger partial charge on any atom is 0.239 e. The molecule has 2 N–H and O–H groups in total. The zero-order valence-electron chi connectivity index (χ0n) is 12.1. The Bertz CT molecular complexity index is 667. The molecule has 0 saturated heterocycles. The van der Waals surface area contributed by atoms with E-state index in [0.717, 1.165) is 11.1 Å². The first kappa shape index (κ1) is 15.5. The number of benzene rings is 2. The van der Waals surface area contributed by atoms with E-state index in [1.165, 1.54) is 4.31 Å². The van der Waals surface area contributed by atoms with Gasteiger partial charge in [-0.2, -0.15) is 0 Å². The molecule has 0 aromatic heterocycles. The number of anilines is 1. The molecular formula is C16H20N2O2S. The lowest BCUT2D eigenvalue weighted by Gasteiger charge is -2.22. The molecular weight excluding hydrogens is 284 g/mol. The molecule has 0 radical (unpaired) electrons. The van der Waals surface area contributed by atoms with Gasteiger partial charge in [-0.3, -0.25) is 4.31 Å². The summed E-state index contributed by atoms with van der Waals surface area (Å²) in [6, 6.07) is 16.5. The van der Waals surface area contributed by atoms with Gasteiger partial charge in [-0.15, -0.1) is 0 Å². The molecule has 0 fully saturated rings. The van der Waals surface area contributed by atoms with E-state index in [1.807, 2.05) is 49.4 Å². The van der Waals surface area contributed by atoms with Gasteiger partial charge in [0.15, 0.2) is 0 Å². The van der Waals surface area contributed by atoms with E-state index >= 15 is 0 Å². The number of nitrogens with two attached hydrogens (primary N) is 1. The third-order valence-corrected chi connectivity index (χ3v) is 5.11. The fraction of sp³-hybridized carbons (Fsp3) is 0.250. The van der Waals surface area contributed by atoms with E-state index in [-0.39, 0.29) is 5.75 Å². The van der Waals surface area contributed by atoms with Gasteiger partial charge in [-0.05, 0) is 30.2 Å². The molecule has 0 aliphatic carbocycles. The van der Waals surface area contributed by atoms with Gasteiger partial charge in [0, 0.05) is 13.1 Å². The molecule has 112 valence electrons. The molecule has 4 nitrogen and oxygen atoms in total. The van der Waals surface area contributed by atoms with E-state index in [9.17, 15) is 8.42 Å². The largest absolute Gasteiger partial charge is 0.326 e. The van der Waals surface area contributed by atoms with Gasteiger partial charge >= 0.3 is 0 Å². The summed E-state index contributed by atoms with van der Waals surface area (Å²) in [5, 5.41) is 0. The molecule has 0 aliphatic rings. The van der Waals surface area contributed by atoms with Crippen LogP contribution in [0.25, 0.3) is 0 Å². The molecule has 0 atom stereocenters. The molecule has 2 aromatic carbocycles. The second kappa shape index (κ2) is 6.74. The minimum Gasteiger partial charge on any atom is -0.326 e. The fourth-order valence-corrected chi connectivity index (χ4v) is 3.80. The second-order valence-electron chi connectivity index (χ2n) is 4.78. The third kappa shape index (κ3) is 3.83. The molecule has 2 aromatic rings. The smallest absolute Gasteiger partial charge is 0.239 e. The van der Waals surface area contributed by atoms with Gasteiger partial charge in [0.1, 0.15) is 0 Å². The van der Waals surface area contributed by atoms with Crippen LogP contribution >= 0.6 is 0 Å². The Balaban J connectivity index is 2.23. The van der Waals surface area contributed by atoms with Crippen molar-refractivity contribution < 1.29 is 8.42 Å². The van der Waals surface area contributed by atoms with Crippen LogP contribution in [0, 0.1) is 0 Å². The predicted octanol–water partition coefficient (Wildman–Crippen LogP) is 2.50. The molecule has 0 bridgehead atoms. The Morgan fingerprint density at radius 1 is 0.952 bits per heavy atom. The highest BCUT2D eigenvalue weighted by Gasteiger charge is 2.21. The van der Waals surface area contributed by atoms with Crippen molar-refractivity contribution in [1.82, 2.24) is 0 Å². The Morgan fingerprint density at radius 2 is 1.52 bits per heavy atom. The highest BCUT2D eigenvalue weighted by Crippen LogP contribution is 2.20.